The lowest BCUT2D eigenvalue weighted by atomic mass is 9.87. The van der Waals surface area contributed by atoms with E-state index in [2.05, 4.69) is 46.4 Å². The summed E-state index contributed by atoms with van der Waals surface area (Å²) in [6.07, 6.45) is 8.35. The van der Waals surface area contributed by atoms with Crippen LogP contribution in [0.1, 0.15) is 55.7 Å². The number of amides is 2. The number of nitrogens with zero attached hydrogens (tertiary/aromatic N) is 3. The van der Waals surface area contributed by atoms with E-state index >= 15 is 0 Å². The highest BCUT2D eigenvalue weighted by molar-refractivity contribution is 5.74. The number of likely N-dealkylation sites (N-methyl/N-ethyl adjacent to an activating group) is 1. The molecule has 2 fully saturated rings. The first kappa shape index (κ1) is 19.7. The SMILES string of the molecule is CN1CCN(C2(CNC(=O)N(C)[C@H]3CCCc4ccccc43)CCCC2)CC1. The number of carbonyl (C=O) groups is 1. The summed E-state index contributed by atoms with van der Waals surface area (Å²) in [6.45, 7) is 5.30. The smallest absolute Gasteiger partial charge is 0.317 e. The monoisotopic (exact) mass is 384 g/mol. The van der Waals surface area contributed by atoms with E-state index in [0.717, 1.165) is 52.0 Å². The average molecular weight is 385 g/mol. The first-order chi connectivity index (χ1) is 13.6. The first-order valence-corrected chi connectivity index (χ1v) is 11.1. The fourth-order valence-corrected chi connectivity index (χ4v) is 5.56. The number of urea groups is 1. The zero-order valence-electron chi connectivity index (χ0n) is 17.6. The van der Waals surface area contributed by atoms with Crippen molar-refractivity contribution in [3.8, 4) is 0 Å². The second-order valence-electron chi connectivity index (χ2n) is 9.10. The molecule has 5 heteroatoms. The number of hydrogen-bond donors (Lipinski definition) is 1. The van der Waals surface area contributed by atoms with E-state index in [-0.39, 0.29) is 17.6 Å². The first-order valence-electron chi connectivity index (χ1n) is 11.1. The van der Waals surface area contributed by atoms with Crippen molar-refractivity contribution in [1.29, 1.82) is 0 Å². The summed E-state index contributed by atoms with van der Waals surface area (Å²) in [7, 11) is 4.18. The molecule has 2 aliphatic carbocycles. The van der Waals surface area contributed by atoms with Gasteiger partial charge in [0.05, 0.1) is 6.04 Å². The number of nitrogens with one attached hydrogen (secondary N) is 1. The molecule has 4 rings (SSSR count). The van der Waals surface area contributed by atoms with Gasteiger partial charge in [-0.15, -0.1) is 0 Å². The minimum Gasteiger partial charge on any atom is -0.336 e. The molecule has 1 N–H and O–H groups in total. The molecule has 1 saturated heterocycles. The summed E-state index contributed by atoms with van der Waals surface area (Å²) >= 11 is 0. The molecule has 1 aromatic carbocycles. The number of fused-ring (bicyclic) bond motifs is 1. The molecule has 5 nitrogen and oxygen atoms in total. The highest BCUT2D eigenvalue weighted by Crippen LogP contribution is 2.36. The highest BCUT2D eigenvalue weighted by atomic mass is 16.2. The van der Waals surface area contributed by atoms with Gasteiger partial charge in [-0.1, -0.05) is 37.1 Å². The summed E-state index contributed by atoms with van der Waals surface area (Å²) in [5.41, 5.74) is 2.91. The third-order valence-corrected chi connectivity index (χ3v) is 7.40. The summed E-state index contributed by atoms with van der Waals surface area (Å²) in [4.78, 5) is 20.1. The lowest BCUT2D eigenvalue weighted by Gasteiger charge is -2.46. The van der Waals surface area contributed by atoms with Crippen molar-refractivity contribution < 1.29 is 4.79 Å². The van der Waals surface area contributed by atoms with Gasteiger partial charge in [-0.3, -0.25) is 4.90 Å². The Morgan fingerprint density at radius 3 is 2.61 bits per heavy atom. The minimum atomic E-state index is 0.0853. The second kappa shape index (κ2) is 8.42. The Hall–Kier alpha value is -1.59. The van der Waals surface area contributed by atoms with Gasteiger partial charge in [-0.2, -0.15) is 0 Å². The van der Waals surface area contributed by atoms with Crippen molar-refractivity contribution in [3.05, 3.63) is 35.4 Å². The van der Waals surface area contributed by atoms with Gasteiger partial charge in [0.2, 0.25) is 0 Å². The Bertz CT molecular complexity index is 677. The maximum Gasteiger partial charge on any atom is 0.317 e. The van der Waals surface area contributed by atoms with Gasteiger partial charge < -0.3 is 15.1 Å². The molecule has 1 aromatic rings. The van der Waals surface area contributed by atoms with Crippen molar-refractivity contribution >= 4 is 6.03 Å². The summed E-state index contributed by atoms with van der Waals surface area (Å²) < 4.78 is 0. The van der Waals surface area contributed by atoms with Gasteiger partial charge in [-0.25, -0.2) is 4.79 Å². The van der Waals surface area contributed by atoms with Gasteiger partial charge >= 0.3 is 6.03 Å². The third-order valence-electron chi connectivity index (χ3n) is 7.40. The quantitative estimate of drug-likeness (QED) is 0.866. The summed E-state index contributed by atoms with van der Waals surface area (Å²) in [5, 5.41) is 3.33. The molecule has 2 amide bonds. The molecule has 1 atom stereocenters. The predicted molar refractivity (Wildman–Crippen MR) is 114 cm³/mol. The standard InChI is InChI=1S/C23H36N4O/c1-25-14-16-27(17-15-25)23(12-5-6-13-23)18-24-22(28)26(2)21-11-7-9-19-8-3-4-10-20(19)21/h3-4,8,10,21H,5-7,9,11-18H2,1-2H3,(H,24,28)/t21-/m0/s1. The fourth-order valence-electron chi connectivity index (χ4n) is 5.56. The molecule has 0 aromatic heterocycles. The zero-order valence-corrected chi connectivity index (χ0v) is 17.6. The molecular formula is C23H36N4O. The van der Waals surface area contributed by atoms with Gasteiger partial charge in [-0.05, 0) is 50.3 Å². The Morgan fingerprint density at radius 1 is 1.14 bits per heavy atom. The number of benzene rings is 1. The molecule has 28 heavy (non-hydrogen) atoms. The van der Waals surface area contributed by atoms with Gasteiger partial charge in [0.15, 0.2) is 0 Å². The molecule has 1 saturated carbocycles. The maximum atomic E-state index is 13.1. The fraction of sp³-hybridized carbons (Fsp3) is 0.696. The van der Waals surface area contributed by atoms with E-state index in [4.69, 9.17) is 0 Å². The van der Waals surface area contributed by atoms with E-state index in [9.17, 15) is 4.79 Å². The van der Waals surface area contributed by atoms with Crippen LogP contribution in [0.15, 0.2) is 24.3 Å². The van der Waals surface area contributed by atoms with Crippen molar-refractivity contribution in [2.45, 2.75) is 56.5 Å². The van der Waals surface area contributed by atoms with Crippen LogP contribution in [0.2, 0.25) is 0 Å². The minimum absolute atomic E-state index is 0.0853. The number of hydrogen-bond acceptors (Lipinski definition) is 3. The van der Waals surface area contributed by atoms with Gasteiger partial charge in [0.1, 0.15) is 0 Å². The Balaban J connectivity index is 1.40. The van der Waals surface area contributed by atoms with Crippen LogP contribution in [0.25, 0.3) is 0 Å². The lowest BCUT2D eigenvalue weighted by molar-refractivity contribution is 0.0431. The third kappa shape index (κ3) is 3.92. The van der Waals surface area contributed by atoms with E-state index in [1.165, 1.54) is 36.8 Å². The van der Waals surface area contributed by atoms with Crippen molar-refractivity contribution in [1.82, 2.24) is 20.0 Å². The van der Waals surface area contributed by atoms with E-state index in [1.807, 2.05) is 11.9 Å². The number of piperazine rings is 1. The molecule has 0 radical (unpaired) electrons. The molecule has 3 aliphatic rings. The number of aryl methyl sites for hydroxylation is 1. The number of carbonyl (C=O) groups excluding carboxylic acids is 1. The Kier molecular flexibility index (Phi) is 5.93. The molecule has 154 valence electrons. The van der Waals surface area contributed by atoms with E-state index in [0.29, 0.717) is 0 Å². The van der Waals surface area contributed by atoms with E-state index in [1.54, 1.807) is 0 Å². The van der Waals surface area contributed by atoms with Crippen LogP contribution in [-0.2, 0) is 6.42 Å². The van der Waals surface area contributed by atoms with Crippen LogP contribution < -0.4 is 5.32 Å². The van der Waals surface area contributed by atoms with Crippen LogP contribution in [0.3, 0.4) is 0 Å². The van der Waals surface area contributed by atoms with Crippen LogP contribution in [0, 0.1) is 0 Å². The zero-order chi connectivity index (χ0) is 19.6. The lowest BCUT2D eigenvalue weighted by Crippen LogP contribution is -2.60. The molecule has 1 heterocycles. The van der Waals surface area contributed by atoms with Crippen LogP contribution in [0.5, 0.6) is 0 Å². The Morgan fingerprint density at radius 2 is 1.86 bits per heavy atom. The molecule has 0 bridgehead atoms. The topological polar surface area (TPSA) is 38.8 Å². The van der Waals surface area contributed by atoms with Crippen LogP contribution >= 0.6 is 0 Å². The molecule has 1 aliphatic heterocycles. The van der Waals surface area contributed by atoms with E-state index < -0.39 is 0 Å². The highest BCUT2D eigenvalue weighted by Gasteiger charge is 2.41. The van der Waals surface area contributed by atoms with Crippen LogP contribution in [-0.4, -0.2) is 73.1 Å². The normalized spacial score (nSPS) is 25.3. The summed E-state index contributed by atoms with van der Waals surface area (Å²) in [5.74, 6) is 0. The van der Waals surface area contributed by atoms with Crippen LogP contribution in [0.4, 0.5) is 4.79 Å². The maximum absolute atomic E-state index is 13.1. The average Bonchev–Trinajstić information content (AvgIpc) is 3.21. The van der Waals surface area contributed by atoms with Crippen molar-refractivity contribution in [2.75, 3.05) is 46.8 Å². The van der Waals surface area contributed by atoms with Crippen molar-refractivity contribution in [3.63, 3.8) is 0 Å². The predicted octanol–water partition coefficient (Wildman–Crippen LogP) is 3.27. The van der Waals surface area contributed by atoms with Crippen molar-refractivity contribution in [2.24, 2.45) is 0 Å². The second-order valence-corrected chi connectivity index (χ2v) is 9.10. The number of rotatable bonds is 4. The largest absolute Gasteiger partial charge is 0.336 e. The molecule has 0 unspecified atom stereocenters. The Labute approximate surface area is 170 Å². The van der Waals surface area contributed by atoms with Gasteiger partial charge in [0, 0.05) is 45.3 Å². The van der Waals surface area contributed by atoms with Gasteiger partial charge in [0.25, 0.3) is 0 Å². The molecule has 0 spiro atoms. The summed E-state index contributed by atoms with van der Waals surface area (Å²) in [6, 6.07) is 8.92. The molecular weight excluding hydrogens is 348 g/mol.